The fraction of sp³-hybridized carbons (Fsp3) is 0.600. The number of carbonyl (C=O) groups excluding carboxylic acids is 2. The quantitative estimate of drug-likeness (QED) is 0.693. The molecule has 3 rings (SSSR count). The number of esters is 1. The van der Waals surface area contributed by atoms with Crippen molar-refractivity contribution >= 4 is 21.7 Å². The summed E-state index contributed by atoms with van der Waals surface area (Å²) in [7, 11) is -1.72. The summed E-state index contributed by atoms with van der Waals surface area (Å²) in [6.07, 6.45) is 5.15. The van der Waals surface area contributed by atoms with Gasteiger partial charge in [0, 0.05) is 12.1 Å². The molecule has 2 fully saturated rings. The maximum absolute atomic E-state index is 13.0. The van der Waals surface area contributed by atoms with Gasteiger partial charge in [0.25, 0.3) is 5.91 Å². The molecule has 0 bridgehead atoms. The Hall–Kier alpha value is -2.29. The van der Waals surface area contributed by atoms with Gasteiger partial charge >= 0.3 is 5.97 Å². The summed E-state index contributed by atoms with van der Waals surface area (Å²) in [6.45, 7) is -0.497. The van der Waals surface area contributed by atoms with Crippen LogP contribution in [0, 0.1) is 0 Å². The molecule has 0 radical (unpaired) electrons. The summed E-state index contributed by atoms with van der Waals surface area (Å²) in [4.78, 5) is 26.9. The molecule has 1 unspecified atom stereocenters. The number of sulfone groups is 1. The van der Waals surface area contributed by atoms with Crippen LogP contribution in [-0.4, -0.2) is 67.6 Å². The van der Waals surface area contributed by atoms with Gasteiger partial charge in [0.2, 0.25) is 0 Å². The van der Waals surface area contributed by atoms with Crippen molar-refractivity contribution in [2.24, 2.45) is 0 Å². The molecule has 1 saturated heterocycles. The lowest BCUT2D eigenvalue weighted by molar-refractivity contribution is -0.140. The summed E-state index contributed by atoms with van der Waals surface area (Å²) >= 11 is 0. The van der Waals surface area contributed by atoms with Crippen LogP contribution in [0.15, 0.2) is 18.2 Å². The lowest BCUT2D eigenvalue weighted by Crippen LogP contribution is -2.50. The van der Waals surface area contributed by atoms with Crippen molar-refractivity contribution in [3.8, 4) is 11.5 Å². The van der Waals surface area contributed by atoms with E-state index in [1.807, 2.05) is 0 Å². The van der Waals surface area contributed by atoms with E-state index in [9.17, 15) is 23.1 Å². The summed E-state index contributed by atoms with van der Waals surface area (Å²) in [6, 6.07) is 3.75. The van der Waals surface area contributed by atoms with Gasteiger partial charge in [-0.3, -0.25) is 4.79 Å². The van der Waals surface area contributed by atoms with E-state index in [1.165, 1.54) is 25.3 Å². The predicted molar refractivity (Wildman–Crippen MR) is 106 cm³/mol. The van der Waals surface area contributed by atoms with E-state index in [1.54, 1.807) is 4.90 Å². The van der Waals surface area contributed by atoms with Gasteiger partial charge in [0.1, 0.15) is 17.1 Å². The van der Waals surface area contributed by atoms with Gasteiger partial charge in [-0.1, -0.05) is 19.3 Å². The third-order valence-corrected chi connectivity index (χ3v) is 7.36. The smallest absolute Gasteiger partial charge is 0.342 e. The lowest BCUT2D eigenvalue weighted by Gasteiger charge is -2.38. The number of aromatic hydroxyl groups is 1. The van der Waals surface area contributed by atoms with E-state index in [0.717, 1.165) is 32.1 Å². The fourth-order valence-electron chi connectivity index (χ4n) is 4.14. The Kier molecular flexibility index (Phi) is 6.66. The molecule has 1 aromatic rings. The van der Waals surface area contributed by atoms with Gasteiger partial charge < -0.3 is 19.5 Å². The maximum Gasteiger partial charge on any atom is 0.342 e. The SMILES string of the molecule is COc1ccc(O)c(C(=O)OCC(=O)N(C2CCCCC2)C2CCS(=O)(=O)C2)c1. The molecular weight excluding hydrogens is 398 g/mol. The third-order valence-electron chi connectivity index (χ3n) is 5.61. The zero-order valence-electron chi connectivity index (χ0n) is 16.5. The molecule has 1 aromatic carbocycles. The van der Waals surface area contributed by atoms with Crippen LogP contribution in [0.1, 0.15) is 48.9 Å². The van der Waals surface area contributed by atoms with Gasteiger partial charge in [-0.05, 0) is 37.5 Å². The van der Waals surface area contributed by atoms with Gasteiger partial charge in [-0.2, -0.15) is 0 Å². The Morgan fingerprint density at radius 2 is 1.86 bits per heavy atom. The average molecular weight is 426 g/mol. The summed E-state index contributed by atoms with van der Waals surface area (Å²) in [5.41, 5.74) is -0.0928. The number of amides is 1. The largest absolute Gasteiger partial charge is 0.507 e. The molecule has 1 aliphatic carbocycles. The van der Waals surface area contributed by atoms with E-state index in [2.05, 4.69) is 0 Å². The van der Waals surface area contributed by atoms with Crippen molar-refractivity contribution in [1.82, 2.24) is 4.90 Å². The molecule has 1 aliphatic heterocycles. The van der Waals surface area contributed by atoms with Crippen LogP contribution < -0.4 is 4.74 Å². The highest BCUT2D eigenvalue weighted by molar-refractivity contribution is 7.91. The number of nitrogens with zero attached hydrogens (tertiary/aromatic N) is 1. The fourth-order valence-corrected chi connectivity index (χ4v) is 5.86. The average Bonchev–Trinajstić information content (AvgIpc) is 3.06. The van der Waals surface area contributed by atoms with Crippen LogP contribution in [0.3, 0.4) is 0 Å². The number of ether oxygens (including phenoxy) is 2. The van der Waals surface area contributed by atoms with Crippen molar-refractivity contribution in [2.75, 3.05) is 25.2 Å². The van der Waals surface area contributed by atoms with Gasteiger partial charge in [-0.15, -0.1) is 0 Å². The standard InChI is InChI=1S/C20H27NO7S/c1-27-16-7-8-18(22)17(11-16)20(24)28-12-19(23)21(14-5-3-2-4-6-14)15-9-10-29(25,26)13-15/h7-8,11,14-15,22H,2-6,9-10,12-13H2,1H3. The second-order valence-electron chi connectivity index (χ2n) is 7.61. The summed E-state index contributed by atoms with van der Waals surface area (Å²) in [5.74, 6) is -1.09. The second-order valence-corrected chi connectivity index (χ2v) is 9.84. The van der Waals surface area contributed by atoms with Gasteiger partial charge in [-0.25, -0.2) is 13.2 Å². The molecule has 1 N–H and O–H groups in total. The minimum atomic E-state index is -3.15. The number of hydrogen-bond donors (Lipinski definition) is 1. The van der Waals surface area contributed by atoms with Crippen LogP contribution in [0.5, 0.6) is 11.5 Å². The van der Waals surface area contributed by atoms with E-state index in [0.29, 0.717) is 12.2 Å². The minimum absolute atomic E-state index is 0.0292. The Morgan fingerprint density at radius 3 is 2.48 bits per heavy atom. The minimum Gasteiger partial charge on any atom is -0.507 e. The summed E-state index contributed by atoms with van der Waals surface area (Å²) in [5, 5.41) is 9.89. The highest BCUT2D eigenvalue weighted by Crippen LogP contribution is 2.29. The summed E-state index contributed by atoms with van der Waals surface area (Å²) < 4.78 is 34.1. The van der Waals surface area contributed by atoms with E-state index in [4.69, 9.17) is 9.47 Å². The molecule has 1 atom stereocenters. The number of benzene rings is 1. The highest BCUT2D eigenvalue weighted by atomic mass is 32.2. The number of phenolic OH excluding ortho intramolecular Hbond substituents is 1. The first-order valence-corrected chi connectivity index (χ1v) is 11.7. The molecule has 1 heterocycles. The molecule has 160 valence electrons. The van der Waals surface area contributed by atoms with Crippen molar-refractivity contribution in [3.63, 3.8) is 0 Å². The molecule has 0 aromatic heterocycles. The first-order valence-electron chi connectivity index (χ1n) is 9.86. The van der Waals surface area contributed by atoms with E-state index < -0.39 is 28.3 Å². The second kappa shape index (κ2) is 9.02. The molecule has 29 heavy (non-hydrogen) atoms. The zero-order valence-corrected chi connectivity index (χ0v) is 17.3. The molecule has 8 nitrogen and oxygen atoms in total. The molecule has 1 amide bonds. The van der Waals surface area contributed by atoms with Crippen LogP contribution in [0.2, 0.25) is 0 Å². The highest BCUT2D eigenvalue weighted by Gasteiger charge is 2.38. The number of hydrogen-bond acceptors (Lipinski definition) is 7. The number of carbonyl (C=O) groups is 2. The lowest BCUT2D eigenvalue weighted by atomic mass is 9.93. The maximum atomic E-state index is 13.0. The van der Waals surface area contributed by atoms with Crippen molar-refractivity contribution in [2.45, 2.75) is 50.6 Å². The number of rotatable bonds is 6. The molecule has 2 aliphatic rings. The Morgan fingerprint density at radius 1 is 1.14 bits per heavy atom. The van der Waals surface area contributed by atoms with Gasteiger partial charge in [0.15, 0.2) is 16.4 Å². The zero-order chi connectivity index (χ0) is 21.0. The van der Waals surface area contributed by atoms with E-state index >= 15 is 0 Å². The normalized spacial score (nSPS) is 21.5. The van der Waals surface area contributed by atoms with Crippen LogP contribution in [-0.2, 0) is 19.4 Å². The molecule has 1 saturated carbocycles. The van der Waals surface area contributed by atoms with E-state index in [-0.39, 0.29) is 34.9 Å². The predicted octanol–water partition coefficient (Wildman–Crippen LogP) is 1.91. The van der Waals surface area contributed by atoms with Crippen LogP contribution >= 0.6 is 0 Å². The van der Waals surface area contributed by atoms with Crippen molar-refractivity contribution < 1.29 is 32.6 Å². The topological polar surface area (TPSA) is 110 Å². The molecular formula is C20H27NO7S. The Balaban J connectivity index is 1.70. The van der Waals surface area contributed by atoms with Crippen molar-refractivity contribution in [3.05, 3.63) is 23.8 Å². The van der Waals surface area contributed by atoms with Crippen LogP contribution in [0.4, 0.5) is 0 Å². The van der Waals surface area contributed by atoms with Crippen molar-refractivity contribution in [1.29, 1.82) is 0 Å². The Labute approximate surface area is 170 Å². The monoisotopic (exact) mass is 425 g/mol. The molecule has 9 heteroatoms. The van der Waals surface area contributed by atoms with Gasteiger partial charge in [0.05, 0.1) is 18.6 Å². The number of phenols is 1. The first kappa shape index (κ1) is 21.4. The third kappa shape index (κ3) is 5.20. The molecule has 0 spiro atoms. The Bertz CT molecular complexity index is 862. The number of methoxy groups -OCH3 is 1. The van der Waals surface area contributed by atoms with Crippen LogP contribution in [0.25, 0.3) is 0 Å². The first-order chi connectivity index (χ1) is 13.8.